The molecule has 0 amide bonds. The Kier molecular flexibility index (Phi) is 3.37. The van der Waals surface area contributed by atoms with E-state index >= 15 is 0 Å². The lowest BCUT2D eigenvalue weighted by Gasteiger charge is -2.65. The Morgan fingerprint density at radius 3 is 2.48 bits per heavy atom. The van der Waals surface area contributed by atoms with Gasteiger partial charge in [0.1, 0.15) is 0 Å². The van der Waals surface area contributed by atoms with Gasteiger partial charge in [0, 0.05) is 0 Å². The number of rotatable bonds is 1. The molecule has 0 heterocycles. The van der Waals surface area contributed by atoms with Crippen LogP contribution in [0, 0.1) is 34.0 Å². The van der Waals surface area contributed by atoms with Gasteiger partial charge < -0.3 is 15.3 Å². The zero-order valence-electron chi connectivity index (χ0n) is 15.0. The van der Waals surface area contributed by atoms with Crippen molar-refractivity contribution in [3.05, 3.63) is 0 Å². The van der Waals surface area contributed by atoms with Gasteiger partial charge in [-0.2, -0.15) is 0 Å². The summed E-state index contributed by atoms with van der Waals surface area (Å²) >= 11 is 0. The highest BCUT2D eigenvalue weighted by molar-refractivity contribution is 5.18. The Morgan fingerprint density at radius 2 is 1.78 bits per heavy atom. The van der Waals surface area contributed by atoms with Crippen molar-refractivity contribution >= 4 is 0 Å². The van der Waals surface area contributed by atoms with Crippen molar-refractivity contribution in [1.82, 2.24) is 0 Å². The molecule has 23 heavy (non-hydrogen) atoms. The molecule has 4 fully saturated rings. The summed E-state index contributed by atoms with van der Waals surface area (Å²) in [6.45, 7) is 7.01. The van der Waals surface area contributed by atoms with E-state index in [1.54, 1.807) is 0 Å². The van der Waals surface area contributed by atoms with Crippen molar-refractivity contribution in [3.63, 3.8) is 0 Å². The summed E-state index contributed by atoms with van der Waals surface area (Å²) in [6, 6.07) is 0. The molecule has 3 heteroatoms. The monoisotopic (exact) mass is 322 g/mol. The van der Waals surface area contributed by atoms with Gasteiger partial charge in [-0.05, 0) is 78.9 Å². The van der Waals surface area contributed by atoms with Crippen LogP contribution >= 0.6 is 0 Å². The van der Waals surface area contributed by atoms with E-state index in [1.807, 2.05) is 0 Å². The highest BCUT2D eigenvalue weighted by atomic mass is 16.3. The van der Waals surface area contributed by atoms with Crippen LogP contribution in [0.4, 0.5) is 0 Å². The van der Waals surface area contributed by atoms with Crippen molar-refractivity contribution in [2.45, 2.75) is 83.8 Å². The minimum atomic E-state index is -0.901. The zero-order valence-corrected chi connectivity index (χ0v) is 15.0. The average Bonchev–Trinajstić information content (AvgIpc) is 2.64. The van der Waals surface area contributed by atoms with E-state index in [-0.39, 0.29) is 34.9 Å². The molecule has 7 atom stereocenters. The fraction of sp³-hybridized carbons (Fsp3) is 1.00. The molecule has 4 rings (SSSR count). The van der Waals surface area contributed by atoms with Gasteiger partial charge in [-0.3, -0.25) is 0 Å². The first-order valence-electron chi connectivity index (χ1n) is 9.68. The highest BCUT2D eigenvalue weighted by Gasteiger charge is 2.68. The second-order valence-electron chi connectivity index (χ2n) is 10.4. The van der Waals surface area contributed by atoms with Crippen molar-refractivity contribution in [2.24, 2.45) is 34.0 Å². The lowest BCUT2D eigenvalue weighted by Crippen LogP contribution is -2.61. The maximum absolute atomic E-state index is 11.2. The van der Waals surface area contributed by atoms with Crippen LogP contribution in [-0.4, -0.2) is 33.6 Å². The predicted molar refractivity (Wildman–Crippen MR) is 89.8 cm³/mol. The maximum atomic E-state index is 11.2. The third-order valence-corrected chi connectivity index (χ3v) is 8.77. The third kappa shape index (κ3) is 1.99. The molecule has 3 N–H and O–H groups in total. The molecule has 7 unspecified atom stereocenters. The van der Waals surface area contributed by atoms with Crippen LogP contribution in [0.3, 0.4) is 0 Å². The Morgan fingerprint density at radius 1 is 1.04 bits per heavy atom. The fourth-order valence-corrected chi connectivity index (χ4v) is 8.34. The molecule has 4 aliphatic carbocycles. The largest absolute Gasteiger partial charge is 0.393 e. The van der Waals surface area contributed by atoms with Crippen LogP contribution in [0.5, 0.6) is 0 Å². The lowest BCUT2D eigenvalue weighted by molar-refractivity contribution is -0.198. The van der Waals surface area contributed by atoms with Gasteiger partial charge >= 0.3 is 0 Å². The second kappa shape index (κ2) is 4.74. The quantitative estimate of drug-likeness (QED) is 0.695. The smallest absolute Gasteiger partial charge is 0.0910 e. The van der Waals surface area contributed by atoms with E-state index in [9.17, 15) is 15.3 Å². The first-order chi connectivity index (χ1) is 10.7. The van der Waals surface area contributed by atoms with Crippen LogP contribution in [0.1, 0.15) is 72.1 Å². The SMILES string of the molecule is CC1(C)CCCC2(C)C1C(O)CC13CC(CCC12)C(O)(CO)C3. The molecule has 2 bridgehead atoms. The summed E-state index contributed by atoms with van der Waals surface area (Å²) < 4.78 is 0. The van der Waals surface area contributed by atoms with Gasteiger partial charge in [0.2, 0.25) is 0 Å². The van der Waals surface area contributed by atoms with E-state index in [4.69, 9.17) is 0 Å². The minimum absolute atomic E-state index is 0.0541. The molecule has 132 valence electrons. The molecular weight excluding hydrogens is 288 g/mol. The molecule has 0 saturated heterocycles. The molecule has 0 aliphatic heterocycles. The van der Waals surface area contributed by atoms with Crippen LogP contribution in [0.25, 0.3) is 0 Å². The van der Waals surface area contributed by atoms with E-state index in [0.29, 0.717) is 18.3 Å². The van der Waals surface area contributed by atoms with Crippen molar-refractivity contribution in [1.29, 1.82) is 0 Å². The van der Waals surface area contributed by atoms with Gasteiger partial charge in [0.25, 0.3) is 0 Å². The number of aliphatic hydroxyl groups excluding tert-OH is 2. The molecule has 4 aliphatic rings. The van der Waals surface area contributed by atoms with Crippen molar-refractivity contribution in [2.75, 3.05) is 6.61 Å². The molecule has 0 radical (unpaired) electrons. The average molecular weight is 322 g/mol. The van der Waals surface area contributed by atoms with Gasteiger partial charge in [-0.1, -0.05) is 27.2 Å². The van der Waals surface area contributed by atoms with Gasteiger partial charge in [-0.15, -0.1) is 0 Å². The number of hydrogen-bond donors (Lipinski definition) is 3. The van der Waals surface area contributed by atoms with Crippen LogP contribution in [0.2, 0.25) is 0 Å². The summed E-state index contributed by atoms with van der Waals surface area (Å²) in [4.78, 5) is 0. The normalized spacial score (nSPS) is 57.7. The van der Waals surface area contributed by atoms with Crippen LogP contribution in [-0.2, 0) is 0 Å². The summed E-state index contributed by atoms with van der Waals surface area (Å²) in [5, 5.41) is 31.9. The maximum Gasteiger partial charge on any atom is 0.0910 e. The number of fused-ring (bicyclic) bond motifs is 3. The minimum Gasteiger partial charge on any atom is -0.393 e. The Hall–Kier alpha value is -0.120. The molecular formula is C20H34O3. The molecule has 0 aromatic heterocycles. The van der Waals surface area contributed by atoms with Gasteiger partial charge in [-0.25, -0.2) is 0 Å². The second-order valence-corrected chi connectivity index (χ2v) is 10.4. The Labute approximate surface area is 140 Å². The Balaban J connectivity index is 1.76. The fourth-order valence-electron chi connectivity index (χ4n) is 8.34. The van der Waals surface area contributed by atoms with E-state index < -0.39 is 5.60 Å². The summed E-state index contributed by atoms with van der Waals surface area (Å²) in [5.41, 5.74) is -0.456. The summed E-state index contributed by atoms with van der Waals surface area (Å²) in [7, 11) is 0. The highest BCUT2D eigenvalue weighted by Crippen LogP contribution is 2.72. The summed E-state index contributed by atoms with van der Waals surface area (Å²) in [5.74, 6) is 1.20. The number of hydrogen-bond acceptors (Lipinski definition) is 3. The Bertz CT molecular complexity index is 503. The number of aliphatic hydroxyl groups is 3. The van der Waals surface area contributed by atoms with E-state index in [1.165, 1.54) is 25.7 Å². The van der Waals surface area contributed by atoms with Crippen molar-refractivity contribution in [3.8, 4) is 0 Å². The molecule has 1 spiro atoms. The van der Waals surface area contributed by atoms with Crippen molar-refractivity contribution < 1.29 is 15.3 Å². The summed E-state index contributed by atoms with van der Waals surface area (Å²) in [6.07, 6.45) is 8.18. The lowest BCUT2D eigenvalue weighted by atomic mass is 9.40. The van der Waals surface area contributed by atoms with Crippen LogP contribution in [0.15, 0.2) is 0 Å². The predicted octanol–water partition coefficient (Wildman–Crippen LogP) is 3.11. The van der Waals surface area contributed by atoms with Gasteiger partial charge in [0.05, 0.1) is 18.3 Å². The van der Waals surface area contributed by atoms with E-state index in [0.717, 1.165) is 19.3 Å². The molecule has 3 nitrogen and oxygen atoms in total. The van der Waals surface area contributed by atoms with Crippen LogP contribution < -0.4 is 0 Å². The third-order valence-electron chi connectivity index (χ3n) is 8.77. The molecule has 0 aromatic rings. The van der Waals surface area contributed by atoms with E-state index in [2.05, 4.69) is 20.8 Å². The topological polar surface area (TPSA) is 60.7 Å². The zero-order chi connectivity index (χ0) is 16.7. The first kappa shape index (κ1) is 16.4. The first-order valence-corrected chi connectivity index (χ1v) is 9.68. The standard InChI is InChI=1S/C20H34O3/c1-17(2)7-4-8-18(3)15-6-5-13-9-19(15,10-14(22)16(17)18)11-20(13,23)12-21/h13-16,21-23H,4-12H2,1-3H3. The molecule has 0 aromatic carbocycles. The molecule has 4 saturated carbocycles. The van der Waals surface area contributed by atoms with Gasteiger partial charge in [0.15, 0.2) is 0 Å².